The van der Waals surface area contributed by atoms with Crippen molar-refractivity contribution in [3.63, 3.8) is 0 Å². The van der Waals surface area contributed by atoms with Crippen LogP contribution in [0.2, 0.25) is 0 Å². The summed E-state index contributed by atoms with van der Waals surface area (Å²) in [4.78, 5) is 2.69. The molecule has 2 aromatic heterocycles. The average molecular weight is 267 g/mol. The van der Waals surface area contributed by atoms with Gasteiger partial charge >= 0.3 is 6.18 Å². The first-order valence-electron chi connectivity index (χ1n) is 5.36. The number of aromatic nitrogens is 2. The second kappa shape index (κ2) is 3.78. The highest BCUT2D eigenvalue weighted by atomic mass is 19.4. The monoisotopic (exact) mass is 267 g/mol. The van der Waals surface area contributed by atoms with Crippen molar-refractivity contribution < 1.29 is 17.7 Å². The highest BCUT2D eigenvalue weighted by molar-refractivity contribution is 5.88. The zero-order valence-electron chi connectivity index (χ0n) is 9.45. The molecule has 1 aromatic carbocycles. The number of nitrogens with zero attached hydrogens (tertiary/aromatic N) is 1. The third-order valence-electron chi connectivity index (χ3n) is 2.76. The molecule has 0 amide bonds. The van der Waals surface area contributed by atoms with Crippen LogP contribution in [0.25, 0.3) is 22.4 Å². The number of fused-ring (bicyclic) bond motifs is 1. The van der Waals surface area contributed by atoms with Crippen LogP contribution in [0.15, 0.2) is 34.9 Å². The first-order valence-corrected chi connectivity index (χ1v) is 5.36. The molecule has 19 heavy (non-hydrogen) atoms. The Morgan fingerprint density at radius 2 is 2.00 bits per heavy atom. The zero-order valence-corrected chi connectivity index (χ0v) is 9.45. The second-order valence-electron chi connectivity index (χ2n) is 4.07. The molecular formula is C12H8F3N3O. The maximum atomic E-state index is 12.9. The van der Waals surface area contributed by atoms with Crippen LogP contribution >= 0.6 is 0 Å². The number of alkyl halides is 3. The summed E-state index contributed by atoms with van der Waals surface area (Å²) < 4.78 is 43.5. The van der Waals surface area contributed by atoms with E-state index in [2.05, 4.69) is 10.1 Å². The van der Waals surface area contributed by atoms with Gasteiger partial charge in [-0.15, -0.1) is 0 Å². The molecule has 3 aromatic rings. The SMILES string of the molecule is Nc1cc(-c2cc3cccc(C(F)(F)F)c3[nH]2)on1. The summed E-state index contributed by atoms with van der Waals surface area (Å²) in [7, 11) is 0. The first kappa shape index (κ1) is 11.6. The minimum absolute atomic E-state index is 0.0139. The van der Waals surface area contributed by atoms with E-state index in [0.717, 1.165) is 6.07 Å². The molecule has 3 rings (SSSR count). The number of nitrogen functional groups attached to an aromatic ring is 1. The summed E-state index contributed by atoms with van der Waals surface area (Å²) >= 11 is 0. The fourth-order valence-electron chi connectivity index (χ4n) is 1.94. The van der Waals surface area contributed by atoms with E-state index in [1.807, 2.05) is 0 Å². The zero-order chi connectivity index (χ0) is 13.6. The minimum atomic E-state index is -4.41. The Bertz CT molecular complexity index is 742. The highest BCUT2D eigenvalue weighted by Crippen LogP contribution is 2.36. The lowest BCUT2D eigenvalue weighted by molar-refractivity contribution is -0.136. The van der Waals surface area contributed by atoms with E-state index in [9.17, 15) is 13.2 Å². The molecule has 0 spiro atoms. The molecule has 0 fully saturated rings. The maximum Gasteiger partial charge on any atom is 0.418 e. The fraction of sp³-hybridized carbons (Fsp3) is 0.0833. The Hall–Kier alpha value is -2.44. The molecule has 0 saturated carbocycles. The van der Waals surface area contributed by atoms with Gasteiger partial charge in [-0.05, 0) is 12.1 Å². The van der Waals surface area contributed by atoms with Gasteiger partial charge in [0.2, 0.25) is 0 Å². The lowest BCUT2D eigenvalue weighted by Gasteiger charge is -2.07. The average Bonchev–Trinajstić information content (AvgIpc) is 2.92. The molecule has 2 heterocycles. The number of H-pyrrole nitrogens is 1. The van der Waals surface area contributed by atoms with Crippen molar-refractivity contribution >= 4 is 16.7 Å². The predicted molar refractivity (Wildman–Crippen MR) is 63.2 cm³/mol. The lowest BCUT2D eigenvalue weighted by Crippen LogP contribution is -2.05. The van der Waals surface area contributed by atoms with Crippen molar-refractivity contribution in [2.45, 2.75) is 6.18 Å². The number of halogens is 3. The molecule has 7 heteroatoms. The molecule has 0 atom stereocenters. The number of aromatic amines is 1. The third kappa shape index (κ3) is 1.92. The van der Waals surface area contributed by atoms with Crippen molar-refractivity contribution in [1.82, 2.24) is 10.1 Å². The van der Waals surface area contributed by atoms with Crippen molar-refractivity contribution in [2.24, 2.45) is 0 Å². The standard InChI is InChI=1S/C12H8F3N3O/c13-12(14,15)7-3-1-2-6-4-8(17-11(6)7)9-5-10(16)18-19-9/h1-5,17H,(H2,16,18). The van der Waals surface area contributed by atoms with Crippen LogP contribution in [0, 0.1) is 0 Å². The van der Waals surface area contributed by atoms with Crippen molar-refractivity contribution in [3.8, 4) is 11.5 Å². The van der Waals surface area contributed by atoms with E-state index < -0.39 is 11.7 Å². The summed E-state index contributed by atoms with van der Waals surface area (Å²) in [6.07, 6.45) is -4.41. The van der Waals surface area contributed by atoms with Crippen LogP contribution in [0.5, 0.6) is 0 Å². The van der Waals surface area contributed by atoms with Crippen LogP contribution in [0.3, 0.4) is 0 Å². The molecule has 0 unspecified atom stereocenters. The lowest BCUT2D eigenvalue weighted by atomic mass is 10.1. The van der Waals surface area contributed by atoms with Gasteiger partial charge in [0.25, 0.3) is 0 Å². The summed E-state index contributed by atoms with van der Waals surface area (Å²) in [5, 5.41) is 3.94. The number of benzene rings is 1. The van der Waals surface area contributed by atoms with E-state index in [1.54, 1.807) is 12.1 Å². The quantitative estimate of drug-likeness (QED) is 0.709. The van der Waals surface area contributed by atoms with Gasteiger partial charge in [-0.1, -0.05) is 17.3 Å². The molecule has 3 N–H and O–H groups in total. The Balaban J connectivity index is 2.21. The topological polar surface area (TPSA) is 67.8 Å². The molecule has 0 bridgehead atoms. The third-order valence-corrected chi connectivity index (χ3v) is 2.76. The Labute approximate surface area is 105 Å². The van der Waals surface area contributed by atoms with Crippen LogP contribution in [0.1, 0.15) is 5.56 Å². The van der Waals surface area contributed by atoms with Gasteiger partial charge in [0.05, 0.1) is 16.8 Å². The number of para-hydroxylation sites is 1. The summed E-state index contributed by atoms with van der Waals surface area (Å²) in [5.41, 5.74) is 5.10. The van der Waals surface area contributed by atoms with Crippen LogP contribution < -0.4 is 5.73 Å². The number of nitrogens with two attached hydrogens (primary N) is 1. The molecule has 0 saturated heterocycles. The number of anilines is 1. The molecule has 0 aliphatic heterocycles. The van der Waals surface area contributed by atoms with Gasteiger partial charge in [0.1, 0.15) is 0 Å². The van der Waals surface area contributed by atoms with Crippen LogP contribution in [-0.4, -0.2) is 10.1 Å². The Morgan fingerprint density at radius 1 is 1.21 bits per heavy atom. The first-order chi connectivity index (χ1) is 8.95. The van der Waals surface area contributed by atoms with Gasteiger partial charge in [0.15, 0.2) is 11.6 Å². The van der Waals surface area contributed by atoms with Gasteiger partial charge in [0, 0.05) is 11.5 Å². The normalized spacial score (nSPS) is 12.2. The minimum Gasteiger partial charge on any atom is -0.381 e. The molecule has 0 radical (unpaired) electrons. The van der Waals surface area contributed by atoms with Crippen LogP contribution in [0.4, 0.5) is 19.0 Å². The van der Waals surface area contributed by atoms with E-state index in [1.165, 1.54) is 12.1 Å². The number of hydrogen-bond acceptors (Lipinski definition) is 3. The van der Waals surface area contributed by atoms with Crippen molar-refractivity contribution in [2.75, 3.05) is 5.73 Å². The maximum absolute atomic E-state index is 12.9. The highest BCUT2D eigenvalue weighted by Gasteiger charge is 2.33. The predicted octanol–water partition coefficient (Wildman–Crippen LogP) is 3.42. The largest absolute Gasteiger partial charge is 0.418 e. The smallest absolute Gasteiger partial charge is 0.381 e. The summed E-state index contributed by atoms with van der Waals surface area (Å²) in [5.74, 6) is 0.464. The fourth-order valence-corrected chi connectivity index (χ4v) is 1.94. The number of hydrogen-bond donors (Lipinski definition) is 2. The van der Waals surface area contributed by atoms with Gasteiger partial charge in [-0.3, -0.25) is 0 Å². The Morgan fingerprint density at radius 3 is 2.63 bits per heavy atom. The molecule has 4 nitrogen and oxygen atoms in total. The molecule has 0 aliphatic carbocycles. The van der Waals surface area contributed by atoms with E-state index in [0.29, 0.717) is 16.8 Å². The molecular weight excluding hydrogens is 259 g/mol. The van der Waals surface area contributed by atoms with Gasteiger partial charge < -0.3 is 15.2 Å². The summed E-state index contributed by atoms with van der Waals surface area (Å²) in [6.45, 7) is 0. The van der Waals surface area contributed by atoms with Gasteiger partial charge in [-0.25, -0.2) is 0 Å². The van der Waals surface area contributed by atoms with Crippen molar-refractivity contribution in [1.29, 1.82) is 0 Å². The van der Waals surface area contributed by atoms with E-state index in [4.69, 9.17) is 10.3 Å². The van der Waals surface area contributed by atoms with Crippen LogP contribution in [-0.2, 0) is 6.18 Å². The molecule has 98 valence electrons. The number of rotatable bonds is 1. The summed E-state index contributed by atoms with van der Waals surface area (Å²) in [6, 6.07) is 6.97. The van der Waals surface area contributed by atoms with Gasteiger partial charge in [-0.2, -0.15) is 13.2 Å². The van der Waals surface area contributed by atoms with Crippen molar-refractivity contribution in [3.05, 3.63) is 35.9 Å². The second-order valence-corrected chi connectivity index (χ2v) is 4.07. The van der Waals surface area contributed by atoms with E-state index >= 15 is 0 Å². The van der Waals surface area contributed by atoms with E-state index in [-0.39, 0.29) is 11.3 Å². The number of nitrogens with one attached hydrogen (secondary N) is 1. The Kier molecular flexibility index (Phi) is 2.31. The molecule has 0 aliphatic rings.